The summed E-state index contributed by atoms with van der Waals surface area (Å²) in [4.78, 5) is 0. The number of benzene rings is 3. The summed E-state index contributed by atoms with van der Waals surface area (Å²) in [7, 11) is 0. The van der Waals surface area contributed by atoms with Crippen LogP contribution >= 0.6 is 0 Å². The quantitative estimate of drug-likeness (QED) is 0.225. The Morgan fingerprint density at radius 1 is 0.524 bits per heavy atom. The van der Waals surface area contributed by atoms with Crippen molar-refractivity contribution in [3.05, 3.63) is 97.6 Å². The van der Waals surface area contributed by atoms with E-state index in [4.69, 9.17) is 4.74 Å². The van der Waals surface area contributed by atoms with Crippen LogP contribution < -0.4 is 4.74 Å². The number of hydrogen-bond acceptors (Lipinski definition) is 1. The van der Waals surface area contributed by atoms with Gasteiger partial charge in [0.1, 0.15) is 5.75 Å². The highest BCUT2D eigenvalue weighted by Crippen LogP contribution is 2.39. The third kappa shape index (κ3) is 6.41. The maximum atomic E-state index is 6.70. The van der Waals surface area contributed by atoms with Gasteiger partial charge in [-0.25, -0.2) is 0 Å². The highest BCUT2D eigenvalue weighted by molar-refractivity contribution is 5.79. The largest absolute Gasteiger partial charge is 0.493 e. The van der Waals surface area contributed by atoms with Gasteiger partial charge in [0.05, 0.1) is 6.61 Å². The lowest BCUT2D eigenvalue weighted by atomic mass is 9.79. The molecule has 0 saturated carbocycles. The van der Waals surface area contributed by atoms with Crippen LogP contribution in [0.2, 0.25) is 0 Å². The fraction of sp³-hybridized carbons (Fsp3) is 0.512. The van der Waals surface area contributed by atoms with E-state index in [1.165, 1.54) is 61.2 Å². The van der Waals surface area contributed by atoms with Crippen molar-refractivity contribution in [2.24, 2.45) is 0 Å². The van der Waals surface area contributed by atoms with Gasteiger partial charge in [0.15, 0.2) is 0 Å². The first-order chi connectivity index (χ1) is 19.6. The minimum absolute atomic E-state index is 0.0847. The van der Waals surface area contributed by atoms with Crippen LogP contribution in [-0.4, -0.2) is 6.61 Å². The SMILES string of the molecule is CCCCOc1c2cc(C(C)(C)C)cc1CCc1cc(C(C)(C)C)cc3c1C=Cc1c(cc(C(C)(C)C)cc1C3)CC2. The number of unbranched alkanes of at least 4 members (excludes halogenated alkanes) is 1. The molecule has 3 aromatic carbocycles. The number of ether oxygens (including phenoxy) is 1. The third-order valence-electron chi connectivity index (χ3n) is 9.41. The van der Waals surface area contributed by atoms with Crippen LogP contribution in [0.15, 0.2) is 36.4 Å². The maximum Gasteiger partial charge on any atom is 0.125 e. The highest BCUT2D eigenvalue weighted by atomic mass is 16.5. The van der Waals surface area contributed by atoms with E-state index in [1.54, 1.807) is 0 Å². The standard InChI is InChI=1S/C41H54O/c1-11-12-19-42-38-29-15-13-27-21-33(39(2,3)4)25-31-20-32-26-34(40(5,6)7)22-28(37(32)18-17-36(27)31)14-16-30(38)24-35(23-29)41(8,9)10/h17-18,21-26H,11-16,19-20H2,1-10H3. The minimum Gasteiger partial charge on any atom is -0.493 e. The monoisotopic (exact) mass is 562 g/mol. The Labute approximate surface area is 256 Å². The minimum atomic E-state index is 0.0847. The van der Waals surface area contributed by atoms with Crippen molar-refractivity contribution in [3.8, 4) is 5.75 Å². The molecule has 2 aliphatic carbocycles. The number of aryl methyl sites for hydroxylation is 4. The van der Waals surface area contributed by atoms with Crippen molar-refractivity contribution < 1.29 is 4.74 Å². The van der Waals surface area contributed by atoms with Gasteiger partial charge in [0.2, 0.25) is 0 Å². The third-order valence-corrected chi connectivity index (χ3v) is 9.41. The van der Waals surface area contributed by atoms with Crippen molar-refractivity contribution in [1.82, 2.24) is 0 Å². The van der Waals surface area contributed by atoms with Crippen LogP contribution in [0.25, 0.3) is 12.2 Å². The van der Waals surface area contributed by atoms with E-state index in [9.17, 15) is 0 Å². The Morgan fingerprint density at radius 3 is 1.26 bits per heavy atom. The first-order valence-electron chi connectivity index (χ1n) is 16.4. The van der Waals surface area contributed by atoms with Gasteiger partial charge in [-0.3, -0.25) is 0 Å². The molecular formula is C41H54O. The van der Waals surface area contributed by atoms with Crippen LogP contribution in [0.5, 0.6) is 5.75 Å². The van der Waals surface area contributed by atoms with Gasteiger partial charge in [-0.2, -0.15) is 0 Å². The summed E-state index contributed by atoms with van der Waals surface area (Å²) in [5.41, 5.74) is 16.1. The topological polar surface area (TPSA) is 9.23 Å². The van der Waals surface area contributed by atoms with Crippen molar-refractivity contribution in [2.45, 2.75) is 130 Å². The molecule has 5 rings (SSSR count). The molecule has 1 heteroatoms. The Hall–Kier alpha value is -2.80. The zero-order valence-electron chi connectivity index (χ0n) is 28.2. The molecule has 0 radical (unpaired) electrons. The van der Waals surface area contributed by atoms with Crippen molar-refractivity contribution >= 4 is 12.2 Å². The second-order valence-electron chi connectivity index (χ2n) is 16.0. The Kier molecular flexibility index (Phi) is 8.29. The molecule has 4 bridgehead atoms. The van der Waals surface area contributed by atoms with E-state index in [2.05, 4.69) is 118 Å². The van der Waals surface area contributed by atoms with Gasteiger partial charge < -0.3 is 4.74 Å². The summed E-state index contributed by atoms with van der Waals surface area (Å²) in [6, 6.07) is 14.9. The lowest BCUT2D eigenvalue weighted by molar-refractivity contribution is 0.302. The normalized spacial score (nSPS) is 15.1. The predicted octanol–water partition coefficient (Wildman–Crippen LogP) is 10.7. The molecule has 0 heterocycles. The average Bonchev–Trinajstić information content (AvgIpc) is 3.08. The van der Waals surface area contributed by atoms with Gasteiger partial charge in [-0.05, 0) is 116 Å². The van der Waals surface area contributed by atoms with Crippen molar-refractivity contribution in [3.63, 3.8) is 0 Å². The summed E-state index contributed by atoms with van der Waals surface area (Å²) in [5.74, 6) is 1.16. The molecule has 0 spiro atoms. The smallest absolute Gasteiger partial charge is 0.125 e. The summed E-state index contributed by atoms with van der Waals surface area (Å²) in [6.45, 7) is 24.2. The molecule has 0 N–H and O–H groups in total. The fourth-order valence-electron chi connectivity index (χ4n) is 6.53. The molecule has 0 aromatic heterocycles. The molecule has 224 valence electrons. The zero-order chi connectivity index (χ0) is 30.4. The van der Waals surface area contributed by atoms with Crippen molar-refractivity contribution in [1.29, 1.82) is 0 Å². The highest BCUT2D eigenvalue weighted by Gasteiger charge is 2.26. The Morgan fingerprint density at radius 2 is 0.881 bits per heavy atom. The lowest BCUT2D eigenvalue weighted by Gasteiger charge is -2.27. The Balaban J connectivity index is 1.78. The zero-order valence-corrected chi connectivity index (χ0v) is 28.2. The maximum absolute atomic E-state index is 6.70. The van der Waals surface area contributed by atoms with E-state index in [0.717, 1.165) is 57.3 Å². The van der Waals surface area contributed by atoms with Crippen LogP contribution in [0.4, 0.5) is 0 Å². The predicted molar refractivity (Wildman–Crippen MR) is 182 cm³/mol. The molecule has 0 atom stereocenters. The van der Waals surface area contributed by atoms with E-state index in [0.29, 0.717) is 0 Å². The molecule has 42 heavy (non-hydrogen) atoms. The fourth-order valence-corrected chi connectivity index (χ4v) is 6.53. The molecule has 0 unspecified atom stereocenters. The van der Waals surface area contributed by atoms with Gasteiger partial charge in [0, 0.05) is 0 Å². The van der Waals surface area contributed by atoms with Gasteiger partial charge in [0.25, 0.3) is 0 Å². The van der Waals surface area contributed by atoms with E-state index in [1.807, 2.05) is 0 Å². The molecule has 1 nitrogen and oxygen atoms in total. The number of rotatable bonds is 4. The second kappa shape index (κ2) is 11.4. The van der Waals surface area contributed by atoms with Crippen LogP contribution in [-0.2, 0) is 48.3 Å². The van der Waals surface area contributed by atoms with Gasteiger partial charge >= 0.3 is 0 Å². The Bertz CT molecular complexity index is 1400. The molecular weight excluding hydrogens is 508 g/mol. The van der Waals surface area contributed by atoms with Crippen molar-refractivity contribution in [2.75, 3.05) is 6.61 Å². The number of hydrogen-bond donors (Lipinski definition) is 0. The van der Waals surface area contributed by atoms with E-state index < -0.39 is 0 Å². The molecule has 3 aromatic rings. The lowest BCUT2D eigenvalue weighted by Crippen LogP contribution is -2.16. The first-order valence-corrected chi connectivity index (χ1v) is 16.4. The van der Waals surface area contributed by atoms with Crippen LogP contribution in [0.3, 0.4) is 0 Å². The molecule has 0 saturated heterocycles. The van der Waals surface area contributed by atoms with Gasteiger partial charge in [-0.15, -0.1) is 0 Å². The summed E-state index contributed by atoms with van der Waals surface area (Å²) in [5, 5.41) is 0. The van der Waals surface area contributed by atoms with Gasteiger partial charge in [-0.1, -0.05) is 124 Å². The van der Waals surface area contributed by atoms with Crippen LogP contribution in [0.1, 0.15) is 143 Å². The van der Waals surface area contributed by atoms with Crippen LogP contribution in [0, 0.1) is 0 Å². The summed E-state index contributed by atoms with van der Waals surface area (Å²) in [6.07, 6.45) is 12.1. The summed E-state index contributed by atoms with van der Waals surface area (Å²) >= 11 is 0. The van der Waals surface area contributed by atoms with E-state index >= 15 is 0 Å². The number of fused-ring (bicyclic) bond motifs is 2. The first kappa shape index (κ1) is 30.7. The molecule has 2 aliphatic rings. The second-order valence-corrected chi connectivity index (χ2v) is 16.0. The summed E-state index contributed by atoms with van der Waals surface area (Å²) < 4.78 is 6.70. The molecule has 0 aliphatic heterocycles. The average molecular weight is 563 g/mol. The molecule has 0 amide bonds. The van der Waals surface area contributed by atoms with E-state index in [-0.39, 0.29) is 16.2 Å². The molecule has 0 fully saturated rings.